The number of aromatic nitrogens is 3. The summed E-state index contributed by atoms with van der Waals surface area (Å²) in [7, 11) is 0. The first-order chi connectivity index (χ1) is 7.94. The maximum Gasteiger partial charge on any atom is 0.342 e. The Labute approximate surface area is 98.3 Å². The molecule has 0 saturated heterocycles. The second kappa shape index (κ2) is 5.62. The van der Waals surface area contributed by atoms with Crippen molar-refractivity contribution in [3.8, 4) is 0 Å². The average molecular weight is 242 g/mol. The Morgan fingerprint density at radius 3 is 2.71 bits per heavy atom. The van der Waals surface area contributed by atoms with Crippen LogP contribution in [-0.2, 0) is 0 Å². The second-order valence-corrected chi connectivity index (χ2v) is 4.70. The topological polar surface area (TPSA) is 111 Å². The van der Waals surface area contributed by atoms with Gasteiger partial charge < -0.3 is 10.4 Å². The highest BCUT2D eigenvalue weighted by molar-refractivity contribution is 5.28. The summed E-state index contributed by atoms with van der Waals surface area (Å²) >= 11 is 0. The van der Waals surface area contributed by atoms with E-state index in [1.807, 2.05) is 13.8 Å². The van der Waals surface area contributed by atoms with E-state index in [0.717, 1.165) is 6.42 Å². The van der Waals surface area contributed by atoms with Crippen LogP contribution in [0.5, 0.6) is 0 Å². The van der Waals surface area contributed by atoms with Crippen molar-refractivity contribution in [2.24, 2.45) is 5.41 Å². The number of aliphatic hydroxyl groups excluding tert-OH is 1. The average Bonchev–Trinajstić information content (AvgIpc) is 2.25. The summed E-state index contributed by atoms with van der Waals surface area (Å²) in [5, 5.41) is 17.4. The van der Waals surface area contributed by atoms with Crippen molar-refractivity contribution in [2.75, 3.05) is 18.5 Å². The molecule has 1 rings (SSSR count). The lowest BCUT2D eigenvalue weighted by atomic mass is 9.88. The van der Waals surface area contributed by atoms with Crippen LogP contribution in [0.4, 0.5) is 5.82 Å². The van der Waals surface area contributed by atoms with E-state index in [1.165, 1.54) is 0 Å². The summed E-state index contributed by atoms with van der Waals surface area (Å²) in [5.74, 6) is 0.0988. The van der Waals surface area contributed by atoms with Gasteiger partial charge in [0.2, 0.25) is 5.82 Å². The molecule has 1 aromatic heterocycles. The van der Waals surface area contributed by atoms with Gasteiger partial charge in [-0.05, 0) is 18.3 Å². The zero-order chi connectivity index (χ0) is 12.9. The lowest BCUT2D eigenvalue weighted by Crippen LogP contribution is -2.31. The van der Waals surface area contributed by atoms with E-state index in [4.69, 9.17) is 5.11 Å². The molecule has 0 amide bonds. The Hall–Kier alpha value is -1.63. The van der Waals surface area contributed by atoms with E-state index in [9.17, 15) is 9.59 Å². The molecule has 0 bridgehead atoms. The first-order valence-electron chi connectivity index (χ1n) is 5.48. The number of aliphatic hydroxyl groups is 1. The zero-order valence-corrected chi connectivity index (χ0v) is 10.0. The normalized spacial score (nSPS) is 11.5. The molecule has 0 aromatic carbocycles. The Balaban J connectivity index is 2.61. The monoisotopic (exact) mass is 242 g/mol. The minimum Gasteiger partial charge on any atom is -0.396 e. The van der Waals surface area contributed by atoms with E-state index in [-0.39, 0.29) is 17.8 Å². The van der Waals surface area contributed by atoms with Crippen molar-refractivity contribution in [3.63, 3.8) is 0 Å². The number of nitrogens with one attached hydrogen (secondary N) is 3. The summed E-state index contributed by atoms with van der Waals surface area (Å²) in [6.07, 6.45) is 1.54. The number of hydrogen-bond donors (Lipinski definition) is 4. The van der Waals surface area contributed by atoms with Crippen LogP contribution in [0.2, 0.25) is 0 Å². The number of hydrogen-bond acceptors (Lipinski definition) is 5. The number of aromatic amines is 2. The van der Waals surface area contributed by atoms with Gasteiger partial charge in [-0.2, -0.15) is 0 Å². The van der Waals surface area contributed by atoms with E-state index < -0.39 is 11.2 Å². The molecule has 0 spiro atoms. The molecule has 0 aliphatic carbocycles. The standard InChI is InChI=1S/C10H18N4O3/c1-10(2,4-3-5-15)6-11-7-8(16)12-9(17)14-13-7/h15H,3-6H2,1-2H3,(H,11,13)(H2,12,14,16,17). The predicted molar refractivity (Wildman–Crippen MR) is 64.1 cm³/mol. The van der Waals surface area contributed by atoms with Crippen molar-refractivity contribution in [2.45, 2.75) is 26.7 Å². The SMILES string of the molecule is CC(C)(CCCO)CNc1n[nH]c(=O)[nH]c1=O. The molecule has 0 radical (unpaired) electrons. The van der Waals surface area contributed by atoms with E-state index >= 15 is 0 Å². The van der Waals surface area contributed by atoms with Gasteiger partial charge in [-0.3, -0.25) is 9.78 Å². The molecule has 0 aliphatic heterocycles. The fraction of sp³-hybridized carbons (Fsp3) is 0.700. The lowest BCUT2D eigenvalue weighted by molar-refractivity contribution is 0.247. The highest BCUT2D eigenvalue weighted by Crippen LogP contribution is 2.21. The Bertz CT molecular complexity index is 463. The second-order valence-electron chi connectivity index (χ2n) is 4.70. The van der Waals surface area contributed by atoms with Crippen LogP contribution in [0.15, 0.2) is 9.59 Å². The third-order valence-electron chi connectivity index (χ3n) is 2.46. The van der Waals surface area contributed by atoms with E-state index in [2.05, 4.69) is 20.5 Å². The van der Waals surface area contributed by atoms with Crippen LogP contribution in [-0.4, -0.2) is 33.4 Å². The Morgan fingerprint density at radius 1 is 1.41 bits per heavy atom. The van der Waals surface area contributed by atoms with Crippen molar-refractivity contribution in [1.29, 1.82) is 0 Å². The maximum absolute atomic E-state index is 11.3. The largest absolute Gasteiger partial charge is 0.396 e. The molecule has 0 saturated carbocycles. The Kier molecular flexibility index (Phi) is 4.45. The molecule has 1 heterocycles. The molecule has 4 N–H and O–H groups in total. The van der Waals surface area contributed by atoms with Crippen LogP contribution in [0.1, 0.15) is 26.7 Å². The number of rotatable bonds is 6. The summed E-state index contributed by atoms with van der Waals surface area (Å²) in [5.41, 5.74) is -1.22. The van der Waals surface area contributed by atoms with Crippen LogP contribution in [0.3, 0.4) is 0 Å². The summed E-state index contributed by atoms with van der Waals surface area (Å²) < 4.78 is 0. The quantitative estimate of drug-likeness (QED) is 0.546. The van der Waals surface area contributed by atoms with Crippen molar-refractivity contribution >= 4 is 5.82 Å². The molecule has 7 heteroatoms. The zero-order valence-electron chi connectivity index (χ0n) is 10.0. The van der Waals surface area contributed by atoms with Crippen LogP contribution in [0.25, 0.3) is 0 Å². The van der Waals surface area contributed by atoms with Crippen molar-refractivity contribution in [1.82, 2.24) is 15.2 Å². The van der Waals surface area contributed by atoms with Crippen molar-refractivity contribution in [3.05, 3.63) is 20.8 Å². The first kappa shape index (κ1) is 13.4. The molecular formula is C10H18N4O3. The summed E-state index contributed by atoms with van der Waals surface area (Å²) in [6, 6.07) is 0. The minimum absolute atomic E-state index is 0.0625. The molecule has 0 fully saturated rings. The van der Waals surface area contributed by atoms with Gasteiger partial charge in [0.15, 0.2) is 0 Å². The van der Waals surface area contributed by atoms with Gasteiger partial charge in [-0.15, -0.1) is 5.10 Å². The van der Waals surface area contributed by atoms with Gasteiger partial charge in [0.1, 0.15) is 0 Å². The van der Waals surface area contributed by atoms with Crippen LogP contribution < -0.4 is 16.6 Å². The van der Waals surface area contributed by atoms with Gasteiger partial charge >= 0.3 is 5.69 Å². The third-order valence-corrected chi connectivity index (χ3v) is 2.46. The fourth-order valence-electron chi connectivity index (χ4n) is 1.44. The van der Waals surface area contributed by atoms with Gasteiger partial charge in [-0.1, -0.05) is 13.8 Å². The number of anilines is 1. The molecule has 0 aliphatic rings. The predicted octanol–water partition coefficient (Wildman–Crippen LogP) is -0.331. The van der Waals surface area contributed by atoms with Crippen LogP contribution in [0, 0.1) is 5.41 Å². The smallest absolute Gasteiger partial charge is 0.342 e. The van der Waals surface area contributed by atoms with Crippen molar-refractivity contribution < 1.29 is 5.11 Å². The van der Waals surface area contributed by atoms with E-state index in [0.29, 0.717) is 13.0 Å². The number of nitrogens with zero attached hydrogens (tertiary/aromatic N) is 1. The fourth-order valence-corrected chi connectivity index (χ4v) is 1.44. The van der Waals surface area contributed by atoms with Crippen LogP contribution >= 0.6 is 0 Å². The van der Waals surface area contributed by atoms with Gasteiger partial charge in [0, 0.05) is 13.2 Å². The molecule has 17 heavy (non-hydrogen) atoms. The molecule has 1 aromatic rings. The van der Waals surface area contributed by atoms with E-state index in [1.54, 1.807) is 0 Å². The maximum atomic E-state index is 11.3. The summed E-state index contributed by atoms with van der Waals surface area (Å²) in [6.45, 7) is 4.74. The highest BCUT2D eigenvalue weighted by atomic mass is 16.3. The molecule has 96 valence electrons. The third kappa shape index (κ3) is 4.39. The van der Waals surface area contributed by atoms with Gasteiger partial charge in [0.05, 0.1) is 0 Å². The summed E-state index contributed by atoms with van der Waals surface area (Å²) in [4.78, 5) is 24.2. The Morgan fingerprint density at radius 2 is 2.12 bits per heavy atom. The van der Waals surface area contributed by atoms with Gasteiger partial charge in [0.25, 0.3) is 5.56 Å². The molecule has 0 atom stereocenters. The molecule has 7 nitrogen and oxygen atoms in total. The molecule has 0 unspecified atom stereocenters. The highest BCUT2D eigenvalue weighted by Gasteiger charge is 2.17. The molecular weight excluding hydrogens is 224 g/mol. The first-order valence-corrected chi connectivity index (χ1v) is 5.48. The number of H-pyrrole nitrogens is 2. The lowest BCUT2D eigenvalue weighted by Gasteiger charge is -2.24. The minimum atomic E-state index is -0.625. The van der Waals surface area contributed by atoms with Gasteiger partial charge in [-0.25, -0.2) is 9.89 Å².